The molecular weight excluding hydrogens is 370 g/mol. The van der Waals surface area contributed by atoms with Crippen molar-refractivity contribution in [2.24, 2.45) is 0 Å². The molecule has 0 aromatic carbocycles. The molecule has 0 spiro atoms. The van der Waals surface area contributed by atoms with Gasteiger partial charge in [0.2, 0.25) is 0 Å². The Morgan fingerprint density at radius 3 is 3.15 bits per heavy atom. The van der Waals surface area contributed by atoms with Crippen molar-refractivity contribution in [1.82, 2.24) is 15.3 Å². The van der Waals surface area contributed by atoms with Crippen LogP contribution in [-0.4, -0.2) is 41.0 Å². The van der Waals surface area contributed by atoms with E-state index < -0.39 is 0 Å². The van der Waals surface area contributed by atoms with Crippen LogP contribution in [0.15, 0.2) is 41.6 Å². The number of hydrogen-bond acceptors (Lipinski definition) is 6. The van der Waals surface area contributed by atoms with Crippen molar-refractivity contribution in [2.75, 3.05) is 13.2 Å². The second-order valence-electron chi connectivity index (χ2n) is 6.19. The summed E-state index contributed by atoms with van der Waals surface area (Å²) in [5.41, 5.74) is 2.69. The summed E-state index contributed by atoms with van der Waals surface area (Å²) >= 11 is 0. The van der Waals surface area contributed by atoms with E-state index in [0.717, 1.165) is 16.6 Å². The number of ketones is 1. The molecule has 1 unspecified atom stereocenters. The van der Waals surface area contributed by atoms with Gasteiger partial charge in [0.15, 0.2) is 5.78 Å². The van der Waals surface area contributed by atoms with Crippen LogP contribution in [0.1, 0.15) is 25.3 Å². The molecule has 2 aliphatic rings. The van der Waals surface area contributed by atoms with Crippen molar-refractivity contribution >= 4 is 41.3 Å². The summed E-state index contributed by atoms with van der Waals surface area (Å²) in [4.78, 5) is 31.9. The number of aromatic amines is 1. The number of esters is 1. The molecule has 27 heavy (non-hydrogen) atoms. The van der Waals surface area contributed by atoms with Crippen molar-refractivity contribution in [1.29, 1.82) is 0 Å². The quantitative estimate of drug-likeness (QED) is 0.616. The maximum absolute atomic E-state index is 12.5. The molecule has 2 aliphatic heterocycles. The van der Waals surface area contributed by atoms with E-state index in [9.17, 15) is 9.59 Å². The Kier molecular flexibility index (Phi) is 5.51. The molecule has 0 saturated carbocycles. The number of nitrogens with zero attached hydrogens (tertiary/aromatic N) is 1. The summed E-state index contributed by atoms with van der Waals surface area (Å²) in [6, 6.07) is 3.47. The summed E-state index contributed by atoms with van der Waals surface area (Å²) in [6.07, 6.45) is 6.11. The Hall–Kier alpha value is -2.80. The number of ether oxygens (including phenoxy) is 2. The zero-order valence-corrected chi connectivity index (χ0v) is 15.6. The fraction of sp³-hybridized carbons (Fsp3) is 0.316. The van der Waals surface area contributed by atoms with Gasteiger partial charge in [-0.25, -0.2) is 9.78 Å². The van der Waals surface area contributed by atoms with E-state index in [1.807, 2.05) is 24.4 Å². The molecule has 7 nitrogen and oxygen atoms in total. The SMILES string of the molecule is CCOC(=O)C1=C(C2CC(=O)C(=Cc3c[nH]c4ncccc34)N2)OCC1.Cl. The molecule has 2 aromatic heterocycles. The van der Waals surface area contributed by atoms with Crippen LogP contribution in [0.2, 0.25) is 0 Å². The zero-order chi connectivity index (χ0) is 18.1. The van der Waals surface area contributed by atoms with E-state index in [4.69, 9.17) is 9.47 Å². The van der Waals surface area contributed by atoms with E-state index in [0.29, 0.717) is 36.7 Å². The third kappa shape index (κ3) is 3.55. The van der Waals surface area contributed by atoms with Crippen LogP contribution in [-0.2, 0) is 19.1 Å². The summed E-state index contributed by atoms with van der Waals surface area (Å²) in [5, 5.41) is 4.15. The second kappa shape index (κ2) is 7.84. The first-order chi connectivity index (χ1) is 12.7. The Morgan fingerprint density at radius 2 is 2.33 bits per heavy atom. The van der Waals surface area contributed by atoms with Crippen LogP contribution in [0.4, 0.5) is 0 Å². The third-order valence-electron chi connectivity index (χ3n) is 4.55. The third-order valence-corrected chi connectivity index (χ3v) is 4.55. The zero-order valence-electron chi connectivity index (χ0n) is 14.8. The normalized spacial score (nSPS) is 20.6. The summed E-state index contributed by atoms with van der Waals surface area (Å²) in [7, 11) is 0. The van der Waals surface area contributed by atoms with Crippen LogP contribution in [0.5, 0.6) is 0 Å². The van der Waals surface area contributed by atoms with Gasteiger partial charge in [0, 0.05) is 36.2 Å². The lowest BCUT2D eigenvalue weighted by Gasteiger charge is -2.13. The average Bonchev–Trinajstić information content (AvgIpc) is 3.35. The van der Waals surface area contributed by atoms with Crippen LogP contribution < -0.4 is 5.32 Å². The Bertz CT molecular complexity index is 947. The van der Waals surface area contributed by atoms with Gasteiger partial charge in [-0.05, 0) is 25.1 Å². The van der Waals surface area contributed by atoms with Crippen molar-refractivity contribution < 1.29 is 19.1 Å². The van der Waals surface area contributed by atoms with Crippen LogP contribution in [0.25, 0.3) is 17.1 Å². The van der Waals surface area contributed by atoms with Crippen molar-refractivity contribution in [3.8, 4) is 0 Å². The number of carbonyl (C=O) groups is 2. The van der Waals surface area contributed by atoms with Gasteiger partial charge in [0.05, 0.1) is 30.5 Å². The van der Waals surface area contributed by atoms with Crippen molar-refractivity contribution in [3.05, 3.63) is 47.1 Å². The maximum Gasteiger partial charge on any atom is 0.337 e. The number of allylic oxidation sites excluding steroid dienone is 1. The molecule has 1 saturated heterocycles. The van der Waals surface area contributed by atoms with Gasteiger partial charge < -0.3 is 19.8 Å². The van der Waals surface area contributed by atoms with Crippen molar-refractivity contribution in [2.45, 2.75) is 25.8 Å². The molecular formula is C19H20ClN3O4. The molecule has 4 rings (SSSR count). The van der Waals surface area contributed by atoms with E-state index in [-0.39, 0.29) is 36.6 Å². The molecule has 0 aliphatic carbocycles. The number of nitrogens with one attached hydrogen (secondary N) is 2. The lowest BCUT2D eigenvalue weighted by atomic mass is 10.1. The molecule has 0 radical (unpaired) electrons. The molecule has 4 heterocycles. The van der Waals surface area contributed by atoms with Crippen molar-refractivity contribution in [3.63, 3.8) is 0 Å². The summed E-state index contributed by atoms with van der Waals surface area (Å²) in [5.74, 6) is 0.148. The molecule has 8 heteroatoms. The van der Waals surface area contributed by atoms with Gasteiger partial charge in [-0.1, -0.05) is 0 Å². The Labute approximate surface area is 162 Å². The summed E-state index contributed by atoms with van der Waals surface area (Å²) in [6.45, 7) is 2.51. The average molecular weight is 390 g/mol. The number of pyridine rings is 1. The number of carbonyl (C=O) groups excluding carboxylic acids is 2. The second-order valence-corrected chi connectivity index (χ2v) is 6.19. The molecule has 1 fully saturated rings. The number of aromatic nitrogens is 2. The fourth-order valence-electron chi connectivity index (χ4n) is 3.35. The topological polar surface area (TPSA) is 93.3 Å². The Morgan fingerprint density at radius 1 is 1.48 bits per heavy atom. The summed E-state index contributed by atoms with van der Waals surface area (Å²) < 4.78 is 10.7. The monoisotopic (exact) mass is 389 g/mol. The predicted molar refractivity (Wildman–Crippen MR) is 102 cm³/mol. The highest BCUT2D eigenvalue weighted by Gasteiger charge is 2.36. The first-order valence-corrected chi connectivity index (χ1v) is 8.64. The predicted octanol–water partition coefficient (Wildman–Crippen LogP) is 2.49. The molecule has 0 bridgehead atoms. The molecule has 2 aromatic rings. The van der Waals surface area contributed by atoms with E-state index >= 15 is 0 Å². The smallest absolute Gasteiger partial charge is 0.337 e. The lowest BCUT2D eigenvalue weighted by Crippen LogP contribution is -2.25. The fourth-order valence-corrected chi connectivity index (χ4v) is 3.35. The number of hydrogen-bond donors (Lipinski definition) is 2. The first-order valence-electron chi connectivity index (χ1n) is 8.64. The number of Topliss-reactive ketones (excluding diaryl/α,β-unsaturated/α-hetero) is 1. The highest BCUT2D eigenvalue weighted by Crippen LogP contribution is 2.30. The minimum absolute atomic E-state index is 0. The van der Waals surface area contributed by atoms with Crippen LogP contribution in [0.3, 0.4) is 0 Å². The van der Waals surface area contributed by atoms with Gasteiger partial charge in [-0.15, -0.1) is 12.4 Å². The van der Waals surface area contributed by atoms with Gasteiger partial charge >= 0.3 is 5.97 Å². The molecule has 2 N–H and O–H groups in total. The molecule has 0 amide bonds. The number of H-pyrrole nitrogens is 1. The number of fused-ring (bicyclic) bond motifs is 1. The van der Waals surface area contributed by atoms with E-state index in [1.165, 1.54) is 0 Å². The standard InChI is InChI=1S/C19H19N3O4.ClH/c1-2-25-19(24)13-5-7-26-17(13)15-9-16(23)14(22-15)8-11-10-21-18-12(11)4-3-6-20-18;/h3-4,6,8,10,15,22H,2,5,7,9H2,1H3,(H,20,21);1H. The number of halogens is 1. The minimum atomic E-state index is -0.366. The van der Waals surface area contributed by atoms with Gasteiger partial charge in [0.1, 0.15) is 11.4 Å². The van der Waals surface area contributed by atoms with Crippen LogP contribution >= 0.6 is 12.4 Å². The Balaban J connectivity index is 0.00000210. The molecule has 142 valence electrons. The van der Waals surface area contributed by atoms with Gasteiger partial charge in [0.25, 0.3) is 0 Å². The number of rotatable bonds is 4. The largest absolute Gasteiger partial charge is 0.495 e. The van der Waals surface area contributed by atoms with E-state index in [1.54, 1.807) is 13.1 Å². The van der Waals surface area contributed by atoms with Crippen LogP contribution in [0, 0.1) is 0 Å². The van der Waals surface area contributed by atoms with Gasteiger partial charge in [-0.2, -0.15) is 0 Å². The highest BCUT2D eigenvalue weighted by atomic mass is 35.5. The maximum atomic E-state index is 12.5. The minimum Gasteiger partial charge on any atom is -0.495 e. The lowest BCUT2D eigenvalue weighted by molar-refractivity contribution is -0.138. The van der Waals surface area contributed by atoms with E-state index in [2.05, 4.69) is 15.3 Å². The first kappa shape index (κ1) is 19.0. The van der Waals surface area contributed by atoms with Gasteiger partial charge in [-0.3, -0.25) is 4.79 Å². The highest BCUT2D eigenvalue weighted by molar-refractivity contribution is 6.04. The molecule has 1 atom stereocenters.